The first-order valence-corrected chi connectivity index (χ1v) is 6.81. The van der Waals surface area contributed by atoms with Crippen LogP contribution in [0.4, 0.5) is 5.69 Å². The monoisotopic (exact) mass is 318 g/mol. The van der Waals surface area contributed by atoms with Crippen LogP contribution in [-0.2, 0) is 9.53 Å². The van der Waals surface area contributed by atoms with Gasteiger partial charge in [0.15, 0.2) is 6.61 Å². The van der Waals surface area contributed by atoms with Gasteiger partial charge in [0.2, 0.25) is 0 Å². The normalized spacial score (nSPS) is 11.8. The number of carbonyl (C=O) groups excluding carboxylic acids is 2. The molecule has 0 aliphatic rings. The molecule has 20 heavy (non-hydrogen) atoms. The first-order valence-electron chi connectivity index (χ1n) is 6.06. The molecule has 0 aromatic heterocycles. The summed E-state index contributed by atoms with van der Waals surface area (Å²) < 4.78 is 4.88. The van der Waals surface area contributed by atoms with Crippen molar-refractivity contribution in [3.63, 3.8) is 0 Å². The van der Waals surface area contributed by atoms with Crippen molar-refractivity contribution < 1.29 is 14.3 Å². The zero-order valence-corrected chi connectivity index (χ0v) is 12.7. The molecule has 3 N–H and O–H groups in total. The average Bonchev–Trinajstić information content (AvgIpc) is 2.41. The van der Waals surface area contributed by atoms with Crippen molar-refractivity contribution in [2.24, 2.45) is 0 Å². The van der Waals surface area contributed by atoms with Crippen LogP contribution in [0.1, 0.15) is 30.6 Å². The number of benzene rings is 1. The van der Waals surface area contributed by atoms with E-state index in [1.54, 1.807) is 0 Å². The van der Waals surface area contributed by atoms with Crippen molar-refractivity contribution in [3.05, 3.63) is 27.7 Å². The lowest BCUT2D eigenvalue weighted by atomic mass is 10.2. The van der Waals surface area contributed by atoms with Gasteiger partial charge in [-0.15, -0.1) is 0 Å². The van der Waals surface area contributed by atoms with Crippen LogP contribution in [0.2, 0.25) is 10.0 Å². The largest absolute Gasteiger partial charge is 0.452 e. The maximum atomic E-state index is 11.8. The maximum absolute atomic E-state index is 11.8. The predicted octanol–water partition coefficient (Wildman–Crippen LogP) is 2.65. The molecule has 1 amide bonds. The molecule has 0 aliphatic carbocycles. The lowest BCUT2D eigenvalue weighted by Gasteiger charge is -2.11. The van der Waals surface area contributed by atoms with E-state index in [0.717, 1.165) is 6.42 Å². The molecule has 110 valence electrons. The highest BCUT2D eigenvalue weighted by Crippen LogP contribution is 2.29. The summed E-state index contributed by atoms with van der Waals surface area (Å²) in [7, 11) is 0. The van der Waals surface area contributed by atoms with Crippen molar-refractivity contribution in [3.8, 4) is 0 Å². The molecule has 0 fully saturated rings. The first kappa shape index (κ1) is 16.6. The van der Waals surface area contributed by atoms with Gasteiger partial charge >= 0.3 is 5.97 Å². The standard InChI is InChI=1S/C13H16Cl2N2O3/c1-3-7(2)17-11(18)6-20-13(19)8-4-9(14)12(15)10(16)5-8/h4-5,7H,3,6,16H2,1-2H3,(H,17,18). The Labute approximate surface area is 127 Å². The molecule has 0 spiro atoms. The number of esters is 1. The van der Waals surface area contributed by atoms with Crippen molar-refractivity contribution in [1.82, 2.24) is 5.32 Å². The van der Waals surface area contributed by atoms with E-state index >= 15 is 0 Å². The quantitative estimate of drug-likeness (QED) is 0.646. The zero-order chi connectivity index (χ0) is 15.3. The van der Waals surface area contributed by atoms with Gasteiger partial charge < -0.3 is 15.8 Å². The number of ether oxygens (including phenoxy) is 1. The van der Waals surface area contributed by atoms with E-state index in [4.69, 9.17) is 33.7 Å². The number of halogens is 2. The summed E-state index contributed by atoms with van der Waals surface area (Å²) in [6.07, 6.45) is 0.795. The van der Waals surface area contributed by atoms with Gasteiger partial charge in [-0.2, -0.15) is 0 Å². The van der Waals surface area contributed by atoms with E-state index in [0.29, 0.717) is 0 Å². The molecule has 0 bridgehead atoms. The summed E-state index contributed by atoms with van der Waals surface area (Å²) in [4.78, 5) is 23.2. The molecular weight excluding hydrogens is 303 g/mol. The van der Waals surface area contributed by atoms with Crippen molar-refractivity contribution >= 4 is 40.8 Å². The Kier molecular flexibility index (Phi) is 6.10. The first-order chi connectivity index (χ1) is 9.35. The third kappa shape index (κ3) is 4.58. The Balaban J connectivity index is 2.62. The molecule has 0 heterocycles. The minimum Gasteiger partial charge on any atom is -0.452 e. The minimum absolute atomic E-state index is 0.0295. The van der Waals surface area contributed by atoms with Crippen LogP contribution in [-0.4, -0.2) is 24.5 Å². The maximum Gasteiger partial charge on any atom is 0.338 e. The molecule has 1 aromatic carbocycles. The van der Waals surface area contributed by atoms with E-state index in [-0.39, 0.29) is 39.9 Å². The molecule has 7 heteroatoms. The van der Waals surface area contributed by atoms with Crippen LogP contribution in [0.15, 0.2) is 12.1 Å². The summed E-state index contributed by atoms with van der Waals surface area (Å²) in [5, 5.41) is 3.01. The summed E-state index contributed by atoms with van der Waals surface area (Å²) in [5.41, 5.74) is 5.92. The molecule has 1 rings (SSSR count). The number of hydrogen-bond donors (Lipinski definition) is 2. The van der Waals surface area contributed by atoms with Gasteiger partial charge in [0, 0.05) is 6.04 Å². The molecule has 1 aromatic rings. The number of anilines is 1. The van der Waals surface area contributed by atoms with Crippen LogP contribution in [0.5, 0.6) is 0 Å². The van der Waals surface area contributed by atoms with Crippen molar-refractivity contribution in [1.29, 1.82) is 0 Å². The second kappa shape index (κ2) is 7.36. The summed E-state index contributed by atoms with van der Waals surface area (Å²) >= 11 is 11.6. The third-order valence-electron chi connectivity index (χ3n) is 2.65. The molecule has 5 nitrogen and oxygen atoms in total. The van der Waals surface area contributed by atoms with E-state index in [9.17, 15) is 9.59 Å². The Morgan fingerprint density at radius 3 is 2.60 bits per heavy atom. The van der Waals surface area contributed by atoms with Gasteiger partial charge in [-0.05, 0) is 25.5 Å². The highest BCUT2D eigenvalue weighted by atomic mass is 35.5. The van der Waals surface area contributed by atoms with Crippen molar-refractivity contribution in [2.45, 2.75) is 26.3 Å². The van der Waals surface area contributed by atoms with E-state index in [1.165, 1.54) is 12.1 Å². The lowest BCUT2D eigenvalue weighted by molar-refractivity contribution is -0.124. The number of amides is 1. The zero-order valence-electron chi connectivity index (χ0n) is 11.2. The van der Waals surface area contributed by atoms with Gasteiger partial charge in [0.05, 0.1) is 21.3 Å². The molecular formula is C13H16Cl2N2O3. The van der Waals surface area contributed by atoms with Gasteiger partial charge in [-0.25, -0.2) is 4.79 Å². The van der Waals surface area contributed by atoms with E-state index < -0.39 is 5.97 Å². The van der Waals surface area contributed by atoms with Crippen LogP contribution < -0.4 is 11.1 Å². The van der Waals surface area contributed by atoms with E-state index in [1.807, 2.05) is 13.8 Å². The molecule has 1 unspecified atom stereocenters. The van der Waals surface area contributed by atoms with Crippen LogP contribution >= 0.6 is 23.2 Å². The minimum atomic E-state index is -0.686. The number of hydrogen-bond acceptors (Lipinski definition) is 4. The van der Waals surface area contributed by atoms with Crippen LogP contribution in [0.3, 0.4) is 0 Å². The van der Waals surface area contributed by atoms with Crippen LogP contribution in [0, 0.1) is 0 Å². The molecule has 0 radical (unpaired) electrons. The number of nitrogens with one attached hydrogen (secondary N) is 1. The van der Waals surface area contributed by atoms with Gasteiger partial charge in [0.1, 0.15) is 0 Å². The Morgan fingerprint density at radius 2 is 2.05 bits per heavy atom. The fourth-order valence-electron chi connectivity index (χ4n) is 1.36. The second-order valence-corrected chi connectivity index (χ2v) is 5.10. The highest BCUT2D eigenvalue weighted by Gasteiger charge is 2.14. The summed E-state index contributed by atoms with van der Waals surface area (Å²) in [5.74, 6) is -1.05. The topological polar surface area (TPSA) is 81.4 Å². The van der Waals surface area contributed by atoms with Gasteiger partial charge in [0.25, 0.3) is 5.91 Å². The molecule has 0 saturated carbocycles. The summed E-state index contributed by atoms with van der Waals surface area (Å²) in [6.45, 7) is 3.44. The van der Waals surface area contributed by atoms with E-state index in [2.05, 4.69) is 5.32 Å². The number of carbonyl (C=O) groups is 2. The predicted molar refractivity (Wildman–Crippen MR) is 79.1 cm³/mol. The van der Waals surface area contributed by atoms with Gasteiger partial charge in [-0.3, -0.25) is 4.79 Å². The lowest BCUT2D eigenvalue weighted by Crippen LogP contribution is -2.35. The summed E-state index contributed by atoms with van der Waals surface area (Å²) in [6, 6.07) is 2.72. The number of nitrogens with two attached hydrogens (primary N) is 1. The van der Waals surface area contributed by atoms with Crippen LogP contribution in [0.25, 0.3) is 0 Å². The Bertz CT molecular complexity index is 497. The van der Waals surface area contributed by atoms with Gasteiger partial charge in [-0.1, -0.05) is 30.1 Å². The Hall–Kier alpha value is -1.46. The third-order valence-corrected chi connectivity index (χ3v) is 3.46. The smallest absolute Gasteiger partial charge is 0.338 e. The fourth-order valence-corrected chi connectivity index (χ4v) is 1.70. The average molecular weight is 319 g/mol. The highest BCUT2D eigenvalue weighted by molar-refractivity contribution is 6.43. The molecule has 1 atom stereocenters. The SMILES string of the molecule is CCC(C)NC(=O)COC(=O)c1cc(N)c(Cl)c(Cl)c1. The fraction of sp³-hybridized carbons (Fsp3) is 0.385. The molecule has 0 saturated heterocycles. The number of nitrogen functional groups attached to an aromatic ring is 1. The second-order valence-electron chi connectivity index (χ2n) is 4.31. The van der Waals surface area contributed by atoms with Crippen molar-refractivity contribution in [2.75, 3.05) is 12.3 Å². The molecule has 0 aliphatic heterocycles. The number of rotatable bonds is 5. The Morgan fingerprint density at radius 1 is 1.40 bits per heavy atom.